The highest BCUT2D eigenvalue weighted by Crippen LogP contribution is 2.20. The molecule has 2 heteroatoms. The molecule has 0 saturated carbocycles. The summed E-state index contributed by atoms with van der Waals surface area (Å²) in [6.45, 7) is 1.49. The van der Waals surface area contributed by atoms with Crippen LogP contribution in [0.2, 0.25) is 0 Å². The van der Waals surface area contributed by atoms with E-state index < -0.39 is 0 Å². The molecule has 0 fully saturated rings. The van der Waals surface area contributed by atoms with Crippen LogP contribution in [-0.4, -0.2) is 11.6 Å². The third-order valence-electron chi connectivity index (χ3n) is 3.56. The Labute approximate surface area is 137 Å². The van der Waals surface area contributed by atoms with Gasteiger partial charge < -0.3 is 0 Å². The molecule has 2 aromatic carbocycles. The van der Waals surface area contributed by atoms with Crippen molar-refractivity contribution in [3.8, 4) is 0 Å². The Morgan fingerprint density at radius 3 is 1.87 bits per heavy atom. The van der Waals surface area contributed by atoms with E-state index >= 15 is 0 Å². The number of hydrogen-bond donors (Lipinski definition) is 0. The highest BCUT2D eigenvalue weighted by Gasteiger charge is 2.21. The smallest absolute Gasteiger partial charge is 0.170 e. The molecule has 0 amide bonds. The third kappa shape index (κ3) is 4.89. The van der Waals surface area contributed by atoms with Crippen LogP contribution in [0.25, 0.3) is 0 Å². The van der Waals surface area contributed by atoms with E-state index in [1.54, 1.807) is 24.3 Å². The molecular weight excluding hydrogens is 284 g/mol. The molecule has 1 aliphatic rings. The van der Waals surface area contributed by atoms with Gasteiger partial charge in [-0.05, 0) is 13.3 Å². The van der Waals surface area contributed by atoms with Crippen LogP contribution in [0.5, 0.6) is 0 Å². The van der Waals surface area contributed by atoms with E-state index in [4.69, 9.17) is 0 Å². The average Bonchev–Trinajstić information content (AvgIpc) is 2.64. The minimum Gasteiger partial charge on any atom is -0.294 e. The molecule has 0 spiro atoms. The summed E-state index contributed by atoms with van der Waals surface area (Å²) in [6.07, 6.45) is 8.38. The molecule has 116 valence electrons. The molecule has 2 nitrogen and oxygen atoms in total. The molecule has 0 bridgehead atoms. The zero-order valence-corrected chi connectivity index (χ0v) is 13.2. The summed E-state index contributed by atoms with van der Waals surface area (Å²) in [7, 11) is 0. The van der Waals surface area contributed by atoms with E-state index in [1.165, 1.54) is 6.92 Å². The van der Waals surface area contributed by atoms with Crippen molar-refractivity contribution in [1.29, 1.82) is 0 Å². The van der Waals surface area contributed by atoms with Gasteiger partial charge in [0.05, 0.1) is 0 Å². The van der Waals surface area contributed by atoms with Crippen molar-refractivity contribution in [2.45, 2.75) is 13.3 Å². The van der Waals surface area contributed by atoms with E-state index in [1.807, 2.05) is 60.7 Å². The second-order valence-electron chi connectivity index (χ2n) is 5.28. The van der Waals surface area contributed by atoms with Gasteiger partial charge in [0.1, 0.15) is 0 Å². The molecule has 0 radical (unpaired) electrons. The third-order valence-corrected chi connectivity index (χ3v) is 3.56. The Hall–Kier alpha value is -2.74. The summed E-state index contributed by atoms with van der Waals surface area (Å²) in [6, 6.07) is 19.0. The van der Waals surface area contributed by atoms with Crippen LogP contribution in [0.15, 0.2) is 85.0 Å². The number of hydrogen-bond acceptors (Lipinski definition) is 2. The maximum atomic E-state index is 12.3. The molecular formula is C21H20O2. The van der Waals surface area contributed by atoms with Gasteiger partial charge in [-0.15, -0.1) is 0 Å². The molecule has 1 aliphatic carbocycles. The number of carbonyl (C=O) groups is 2. The fourth-order valence-electron chi connectivity index (χ4n) is 2.36. The zero-order chi connectivity index (χ0) is 16.5. The van der Waals surface area contributed by atoms with Crippen molar-refractivity contribution in [2.75, 3.05) is 0 Å². The SMILES string of the molecule is CC(=O)c1ccccc1C(=O)C1C=CC=CC1.c1ccccc1. The largest absolute Gasteiger partial charge is 0.294 e. The molecule has 1 atom stereocenters. The van der Waals surface area contributed by atoms with E-state index in [0.29, 0.717) is 17.5 Å². The molecule has 0 saturated heterocycles. The van der Waals surface area contributed by atoms with Crippen molar-refractivity contribution < 1.29 is 9.59 Å². The van der Waals surface area contributed by atoms with Gasteiger partial charge in [0.15, 0.2) is 11.6 Å². The van der Waals surface area contributed by atoms with Crippen LogP contribution in [0.4, 0.5) is 0 Å². The predicted molar refractivity (Wildman–Crippen MR) is 93.6 cm³/mol. The Balaban J connectivity index is 0.000000268. The van der Waals surface area contributed by atoms with Gasteiger partial charge in [-0.3, -0.25) is 9.59 Å². The Morgan fingerprint density at radius 2 is 1.39 bits per heavy atom. The standard InChI is InChI=1S/C15H14O2.C6H6/c1-11(16)13-9-5-6-10-14(13)15(17)12-7-3-2-4-8-12;1-2-4-6-5-3-1/h2-7,9-10,12H,8H2,1H3;1-6H. The molecule has 0 aliphatic heterocycles. The number of allylic oxidation sites excluding steroid dienone is 4. The summed E-state index contributed by atoms with van der Waals surface area (Å²) in [4.78, 5) is 23.8. The molecule has 3 rings (SSSR count). The van der Waals surface area contributed by atoms with Crippen LogP contribution in [0, 0.1) is 5.92 Å². The zero-order valence-electron chi connectivity index (χ0n) is 13.2. The number of ketones is 2. The summed E-state index contributed by atoms with van der Waals surface area (Å²) in [5.74, 6) is -0.179. The molecule has 2 aromatic rings. The van der Waals surface area contributed by atoms with Crippen molar-refractivity contribution in [3.63, 3.8) is 0 Å². The first-order valence-corrected chi connectivity index (χ1v) is 7.67. The van der Waals surface area contributed by atoms with Crippen molar-refractivity contribution in [1.82, 2.24) is 0 Å². The summed E-state index contributed by atoms with van der Waals surface area (Å²) < 4.78 is 0. The second-order valence-corrected chi connectivity index (χ2v) is 5.28. The van der Waals surface area contributed by atoms with Crippen molar-refractivity contribution >= 4 is 11.6 Å². The summed E-state index contributed by atoms with van der Waals surface area (Å²) in [5, 5.41) is 0. The Bertz CT molecular complexity index is 685. The molecule has 1 unspecified atom stereocenters. The highest BCUT2D eigenvalue weighted by molar-refractivity contribution is 6.09. The molecule has 0 aromatic heterocycles. The maximum Gasteiger partial charge on any atom is 0.170 e. The fourth-order valence-corrected chi connectivity index (χ4v) is 2.36. The van der Waals surface area contributed by atoms with E-state index in [0.717, 1.165) is 0 Å². The van der Waals surface area contributed by atoms with E-state index in [-0.39, 0.29) is 17.5 Å². The highest BCUT2D eigenvalue weighted by atomic mass is 16.1. The van der Waals surface area contributed by atoms with Crippen LogP contribution >= 0.6 is 0 Å². The lowest BCUT2D eigenvalue weighted by atomic mass is 9.89. The lowest BCUT2D eigenvalue weighted by Crippen LogP contribution is -2.16. The predicted octanol–water partition coefficient (Wildman–Crippen LogP) is 4.89. The first-order chi connectivity index (χ1) is 11.2. The summed E-state index contributed by atoms with van der Waals surface area (Å²) in [5.41, 5.74) is 1.05. The quantitative estimate of drug-likeness (QED) is 0.756. The van der Waals surface area contributed by atoms with Crippen LogP contribution in [-0.2, 0) is 0 Å². The Kier molecular flexibility index (Phi) is 6.25. The molecule has 0 N–H and O–H groups in total. The van der Waals surface area contributed by atoms with E-state index in [2.05, 4.69) is 0 Å². The van der Waals surface area contributed by atoms with Gasteiger partial charge in [-0.2, -0.15) is 0 Å². The fraction of sp³-hybridized carbons (Fsp3) is 0.143. The number of benzene rings is 2. The van der Waals surface area contributed by atoms with Crippen molar-refractivity contribution in [2.24, 2.45) is 5.92 Å². The first-order valence-electron chi connectivity index (χ1n) is 7.67. The van der Waals surface area contributed by atoms with Gasteiger partial charge in [-0.25, -0.2) is 0 Å². The molecule has 23 heavy (non-hydrogen) atoms. The lowest BCUT2D eigenvalue weighted by Gasteiger charge is -2.13. The summed E-state index contributed by atoms with van der Waals surface area (Å²) >= 11 is 0. The normalized spacial score (nSPS) is 15.4. The van der Waals surface area contributed by atoms with Crippen LogP contribution in [0.1, 0.15) is 34.1 Å². The van der Waals surface area contributed by atoms with Gasteiger partial charge in [-0.1, -0.05) is 85.0 Å². The minimum absolute atomic E-state index is 0.0244. The maximum absolute atomic E-state index is 12.3. The first kappa shape index (κ1) is 16.6. The number of carbonyl (C=O) groups excluding carboxylic acids is 2. The lowest BCUT2D eigenvalue weighted by molar-refractivity contribution is 0.0932. The van der Waals surface area contributed by atoms with Gasteiger partial charge in [0.2, 0.25) is 0 Å². The number of Topliss-reactive ketones (excluding diaryl/α,β-unsaturated/α-hetero) is 2. The Morgan fingerprint density at radius 1 is 0.826 bits per heavy atom. The van der Waals surface area contributed by atoms with Crippen LogP contribution in [0.3, 0.4) is 0 Å². The van der Waals surface area contributed by atoms with Crippen molar-refractivity contribution in [3.05, 3.63) is 96.1 Å². The van der Waals surface area contributed by atoms with Crippen LogP contribution < -0.4 is 0 Å². The number of rotatable bonds is 3. The topological polar surface area (TPSA) is 34.1 Å². The van der Waals surface area contributed by atoms with Gasteiger partial charge in [0.25, 0.3) is 0 Å². The second kappa shape index (κ2) is 8.64. The monoisotopic (exact) mass is 304 g/mol. The minimum atomic E-state index is -0.138. The average molecular weight is 304 g/mol. The van der Waals surface area contributed by atoms with Gasteiger partial charge in [0, 0.05) is 17.0 Å². The van der Waals surface area contributed by atoms with Gasteiger partial charge >= 0.3 is 0 Å². The molecule has 0 heterocycles. The van der Waals surface area contributed by atoms with E-state index in [9.17, 15) is 9.59 Å².